The maximum atomic E-state index is 11.9. The highest BCUT2D eigenvalue weighted by atomic mass is 16.6. The van der Waals surface area contributed by atoms with E-state index in [4.69, 9.17) is 18.9 Å². The number of hydrogen-bond acceptors (Lipinski definition) is 7. The molecule has 4 heterocycles. The van der Waals surface area contributed by atoms with Crippen molar-refractivity contribution in [3.05, 3.63) is 84.9 Å². The molecule has 0 spiro atoms. The monoisotopic (exact) mass is 591 g/mol. The second kappa shape index (κ2) is 13.8. The van der Waals surface area contributed by atoms with Gasteiger partial charge in [-0.25, -0.2) is 14.2 Å². The summed E-state index contributed by atoms with van der Waals surface area (Å²) in [6.07, 6.45) is 6.88. The lowest BCUT2D eigenvalue weighted by Crippen LogP contribution is -2.57. The van der Waals surface area contributed by atoms with E-state index in [0.29, 0.717) is 26.2 Å². The Hall–Kier alpha value is -4.34. The zero-order chi connectivity index (χ0) is 31.0. The van der Waals surface area contributed by atoms with Crippen molar-refractivity contribution in [1.29, 1.82) is 0 Å². The lowest BCUT2D eigenvalue weighted by molar-refractivity contribution is -0.688. The van der Waals surface area contributed by atoms with Crippen molar-refractivity contribution < 1.29 is 33.1 Å². The lowest BCUT2D eigenvalue weighted by atomic mass is 10.1. The average Bonchev–Trinajstić information content (AvgIpc) is 2.88. The maximum absolute atomic E-state index is 11.9. The number of rotatable bonds is 6. The minimum Gasteiger partial charge on any atom is -0.487 e. The number of hydrogen-bond donors (Lipinski definition) is 0. The van der Waals surface area contributed by atoms with Crippen molar-refractivity contribution in [3.8, 4) is 11.5 Å². The first-order valence-electron chi connectivity index (χ1n) is 14.6. The topological polar surface area (TPSA) is 94.3 Å². The molecule has 0 saturated carbocycles. The van der Waals surface area contributed by atoms with Crippen LogP contribution in [0.25, 0.3) is 0 Å². The highest BCUT2D eigenvalue weighted by molar-refractivity contribution is 5.69. The van der Waals surface area contributed by atoms with Crippen LogP contribution in [-0.2, 0) is 16.0 Å². The van der Waals surface area contributed by atoms with Gasteiger partial charge < -0.3 is 28.7 Å². The van der Waals surface area contributed by atoms with Gasteiger partial charge in [-0.3, -0.25) is 4.98 Å². The Morgan fingerprint density at radius 2 is 1.16 bits per heavy atom. The van der Waals surface area contributed by atoms with E-state index in [9.17, 15) is 9.59 Å². The van der Waals surface area contributed by atoms with Crippen molar-refractivity contribution in [2.45, 2.75) is 71.5 Å². The van der Waals surface area contributed by atoms with Crippen molar-refractivity contribution in [1.82, 2.24) is 14.8 Å². The van der Waals surface area contributed by atoms with E-state index >= 15 is 0 Å². The van der Waals surface area contributed by atoms with Crippen LogP contribution >= 0.6 is 0 Å². The molecule has 1 aromatic carbocycles. The summed E-state index contributed by atoms with van der Waals surface area (Å²) in [5, 5.41) is 0. The molecule has 2 aliphatic heterocycles. The number of benzene rings is 1. The molecule has 0 N–H and O–H groups in total. The normalized spacial score (nSPS) is 15.3. The number of amides is 2. The molecular formula is C33H43N4O6+. The van der Waals surface area contributed by atoms with Gasteiger partial charge in [0.1, 0.15) is 34.9 Å². The molecule has 2 fully saturated rings. The summed E-state index contributed by atoms with van der Waals surface area (Å²) >= 11 is 0. The summed E-state index contributed by atoms with van der Waals surface area (Å²) in [7, 11) is 0. The number of carbonyl (C=O) groups is 2. The summed E-state index contributed by atoms with van der Waals surface area (Å²) < 4.78 is 24.3. The molecule has 2 aromatic heterocycles. The quantitative estimate of drug-likeness (QED) is 0.368. The van der Waals surface area contributed by atoms with Crippen molar-refractivity contribution >= 4 is 12.2 Å². The summed E-state index contributed by atoms with van der Waals surface area (Å²) in [5.41, 5.74) is 0.344. The third-order valence-corrected chi connectivity index (χ3v) is 6.32. The highest BCUT2D eigenvalue weighted by Crippen LogP contribution is 2.21. The molecule has 5 rings (SSSR count). The first-order valence-corrected chi connectivity index (χ1v) is 14.6. The minimum atomic E-state index is -0.463. The Morgan fingerprint density at radius 3 is 1.60 bits per heavy atom. The van der Waals surface area contributed by atoms with Crippen LogP contribution in [0, 0.1) is 0 Å². The molecule has 0 atom stereocenters. The van der Waals surface area contributed by atoms with E-state index in [1.165, 1.54) is 5.56 Å². The van der Waals surface area contributed by atoms with Gasteiger partial charge in [0.25, 0.3) is 0 Å². The molecular weight excluding hydrogens is 548 g/mol. The number of nitrogens with zero attached hydrogens (tertiary/aromatic N) is 4. The van der Waals surface area contributed by atoms with Crippen molar-refractivity contribution in [3.63, 3.8) is 0 Å². The van der Waals surface area contributed by atoms with Crippen molar-refractivity contribution in [2.75, 3.05) is 26.2 Å². The Balaban J connectivity index is 0.000000208. The molecule has 0 radical (unpaired) electrons. The number of likely N-dealkylation sites (tertiary alicyclic amines) is 2. The Morgan fingerprint density at radius 1 is 0.721 bits per heavy atom. The Bertz CT molecular complexity index is 1310. The third kappa shape index (κ3) is 10.5. The van der Waals surface area contributed by atoms with Crippen LogP contribution in [0.4, 0.5) is 9.59 Å². The molecule has 0 bridgehead atoms. The maximum Gasteiger partial charge on any atom is 0.410 e. The smallest absolute Gasteiger partial charge is 0.410 e. The van der Waals surface area contributed by atoms with Crippen LogP contribution in [0.15, 0.2) is 79.4 Å². The molecule has 10 heteroatoms. The van der Waals surface area contributed by atoms with Crippen molar-refractivity contribution in [2.24, 2.45) is 0 Å². The van der Waals surface area contributed by atoms with Gasteiger partial charge in [-0.2, -0.15) is 0 Å². The number of pyridine rings is 2. The summed E-state index contributed by atoms with van der Waals surface area (Å²) in [6.45, 7) is 14.3. The van der Waals surface area contributed by atoms with Gasteiger partial charge in [0.2, 0.25) is 0 Å². The molecule has 2 saturated heterocycles. The molecule has 230 valence electrons. The Labute approximate surface area is 254 Å². The van der Waals surface area contributed by atoms with Crippen LogP contribution in [0.2, 0.25) is 0 Å². The predicted molar refractivity (Wildman–Crippen MR) is 161 cm³/mol. The lowest BCUT2D eigenvalue weighted by Gasteiger charge is -2.39. The average molecular weight is 592 g/mol. The van der Waals surface area contributed by atoms with E-state index in [0.717, 1.165) is 18.0 Å². The van der Waals surface area contributed by atoms with Gasteiger partial charge >= 0.3 is 12.2 Å². The molecule has 0 aliphatic carbocycles. The van der Waals surface area contributed by atoms with E-state index < -0.39 is 11.2 Å². The number of carbonyl (C=O) groups excluding carboxylic acids is 2. The van der Waals surface area contributed by atoms with Gasteiger partial charge in [-0.1, -0.05) is 30.3 Å². The van der Waals surface area contributed by atoms with Crippen LogP contribution in [0.5, 0.6) is 11.5 Å². The van der Waals surface area contributed by atoms with Gasteiger partial charge in [0.15, 0.2) is 18.9 Å². The number of ether oxygens (including phenoxy) is 4. The standard InChI is InChI=1S/C20H25N2O3.C13H18N2O3/c1-20(2,3)25-19(23)22-14-18(15-22)24-17-9-11-21(12-10-17)13-16-7-5-4-6-8-16;1-13(2,3)18-12(16)15-8-11(9-15)17-10-4-6-14-7-5-10/h4-12,18H,13-15H2,1-3H3;4-7,11H,8-9H2,1-3H3/q+1;. The van der Waals surface area contributed by atoms with Crippen LogP contribution in [-0.4, -0.2) is 76.6 Å². The van der Waals surface area contributed by atoms with Gasteiger partial charge in [0, 0.05) is 30.1 Å². The first kappa shape index (κ1) is 31.6. The SMILES string of the molecule is CC(C)(C)OC(=O)N1CC(Oc2cc[n+](Cc3ccccc3)cc2)C1.CC(C)(C)OC(=O)N1CC(Oc2ccncc2)C1. The molecule has 2 aliphatic rings. The van der Waals surface area contributed by atoms with Crippen LogP contribution < -0.4 is 14.0 Å². The molecule has 2 amide bonds. The predicted octanol–water partition coefficient (Wildman–Crippen LogP) is 5.10. The zero-order valence-corrected chi connectivity index (χ0v) is 25.9. The van der Waals surface area contributed by atoms with Crippen LogP contribution in [0.1, 0.15) is 47.1 Å². The van der Waals surface area contributed by atoms with E-state index in [2.05, 4.69) is 21.7 Å². The molecule has 10 nitrogen and oxygen atoms in total. The fraction of sp³-hybridized carbons (Fsp3) is 0.455. The second-order valence-electron chi connectivity index (χ2n) is 12.6. The van der Waals surface area contributed by atoms with E-state index in [1.54, 1.807) is 34.3 Å². The largest absolute Gasteiger partial charge is 0.487 e. The molecule has 0 unspecified atom stereocenters. The number of aromatic nitrogens is 2. The van der Waals surface area contributed by atoms with E-state index in [-0.39, 0.29) is 24.4 Å². The fourth-order valence-corrected chi connectivity index (χ4v) is 4.20. The van der Waals surface area contributed by atoms with Gasteiger partial charge in [-0.05, 0) is 53.7 Å². The minimum absolute atomic E-state index is 0.0255. The molecule has 3 aromatic rings. The fourth-order valence-electron chi connectivity index (χ4n) is 4.20. The first-order chi connectivity index (χ1) is 20.3. The second-order valence-corrected chi connectivity index (χ2v) is 12.6. The van der Waals surface area contributed by atoms with Crippen LogP contribution in [0.3, 0.4) is 0 Å². The highest BCUT2D eigenvalue weighted by Gasteiger charge is 2.36. The van der Waals surface area contributed by atoms with E-state index in [1.807, 2.05) is 84.3 Å². The Kier molecular flexibility index (Phi) is 10.1. The summed E-state index contributed by atoms with van der Waals surface area (Å²) in [6, 6.07) is 17.8. The summed E-state index contributed by atoms with van der Waals surface area (Å²) in [5.74, 6) is 1.59. The molecule has 43 heavy (non-hydrogen) atoms. The van der Waals surface area contributed by atoms with Gasteiger partial charge in [0.05, 0.1) is 26.2 Å². The van der Waals surface area contributed by atoms with Gasteiger partial charge in [-0.15, -0.1) is 0 Å². The third-order valence-electron chi connectivity index (χ3n) is 6.32. The zero-order valence-electron chi connectivity index (χ0n) is 25.9. The summed E-state index contributed by atoms with van der Waals surface area (Å²) in [4.78, 5) is 30.8.